The summed E-state index contributed by atoms with van der Waals surface area (Å²) in [5, 5.41) is 0. The lowest BCUT2D eigenvalue weighted by Crippen LogP contribution is -2.46. The molecule has 3 N–H and O–H groups in total. The summed E-state index contributed by atoms with van der Waals surface area (Å²) in [4.78, 5) is 56.1. The van der Waals surface area contributed by atoms with Gasteiger partial charge in [0.1, 0.15) is 12.4 Å². The van der Waals surface area contributed by atoms with Crippen LogP contribution in [-0.2, 0) is 16.1 Å². The van der Waals surface area contributed by atoms with Gasteiger partial charge in [-0.1, -0.05) is 40.7 Å². The molecule has 2 rings (SSSR count). The molecule has 0 bridgehead atoms. The number of anilines is 2. The number of carbonyl (C=O) groups excluding carboxylic acids is 2. The van der Waals surface area contributed by atoms with Crippen molar-refractivity contribution in [3.63, 3.8) is 0 Å². The number of aromatic amines is 1. The molecule has 214 valence electrons. The minimum atomic E-state index is -0.749. The number of likely N-dealkylation sites (N-methyl/N-ethyl adjacent to an activating group) is 1. The fraction of sp³-hybridized carbons (Fsp3) is 0.500. The molecule has 0 saturated carbocycles. The number of nitrogens with two attached hydrogens (primary N) is 1. The average molecular weight is 544 g/mol. The number of rotatable bonds is 13. The lowest BCUT2D eigenvalue weighted by Gasteiger charge is -2.28. The van der Waals surface area contributed by atoms with Crippen LogP contribution >= 0.6 is 0 Å². The standard InChI is InChI=1S/C28H41N5O6/c1-8-13-39-21-11-9-20(14-22(21)38-7)10-12-23(34)31(6)17-24(35)32(15-18(2)3)25-26(29)33(16-19(4)5)28(37)30-27(25)36/h9-12,14,18-19H,8,13,15-17,29H2,1-7H3,(H,30,36,37). The van der Waals surface area contributed by atoms with Gasteiger partial charge in [-0.3, -0.25) is 23.9 Å². The number of nitrogens with one attached hydrogen (secondary N) is 1. The number of nitrogen functional groups attached to an aromatic ring is 1. The number of methoxy groups -OCH3 is 1. The molecule has 0 aliphatic heterocycles. The summed E-state index contributed by atoms with van der Waals surface area (Å²) in [7, 11) is 3.04. The van der Waals surface area contributed by atoms with E-state index in [1.165, 1.54) is 27.5 Å². The Hall–Kier alpha value is -4.02. The quantitative estimate of drug-likeness (QED) is 0.370. The highest BCUT2D eigenvalue weighted by Gasteiger charge is 2.26. The first-order chi connectivity index (χ1) is 18.4. The third kappa shape index (κ3) is 8.49. The third-order valence-corrected chi connectivity index (χ3v) is 5.70. The number of amides is 2. The largest absolute Gasteiger partial charge is 0.493 e. The van der Waals surface area contributed by atoms with Crippen LogP contribution in [0.25, 0.3) is 6.08 Å². The van der Waals surface area contributed by atoms with Crippen molar-refractivity contribution in [1.29, 1.82) is 0 Å². The van der Waals surface area contributed by atoms with Crippen LogP contribution in [0.1, 0.15) is 46.6 Å². The van der Waals surface area contributed by atoms with Crippen molar-refractivity contribution in [3.05, 3.63) is 50.7 Å². The maximum atomic E-state index is 13.4. The second-order valence-electron chi connectivity index (χ2n) is 10.2. The monoisotopic (exact) mass is 543 g/mol. The Morgan fingerprint density at radius 3 is 2.41 bits per heavy atom. The van der Waals surface area contributed by atoms with Gasteiger partial charge in [0.2, 0.25) is 11.8 Å². The van der Waals surface area contributed by atoms with Gasteiger partial charge < -0.3 is 25.0 Å². The lowest BCUT2D eigenvalue weighted by molar-refractivity contribution is -0.130. The van der Waals surface area contributed by atoms with Crippen molar-refractivity contribution in [2.45, 2.75) is 47.6 Å². The molecular weight excluding hydrogens is 502 g/mol. The van der Waals surface area contributed by atoms with E-state index in [4.69, 9.17) is 15.2 Å². The number of nitrogens with zero attached hydrogens (tertiary/aromatic N) is 3. The van der Waals surface area contributed by atoms with Crippen LogP contribution in [0.5, 0.6) is 11.5 Å². The Morgan fingerprint density at radius 1 is 1.13 bits per heavy atom. The van der Waals surface area contributed by atoms with Crippen LogP contribution in [0.4, 0.5) is 11.5 Å². The predicted molar refractivity (Wildman–Crippen MR) is 153 cm³/mol. The molecule has 0 aliphatic rings. The minimum Gasteiger partial charge on any atom is -0.493 e. The fourth-order valence-electron chi connectivity index (χ4n) is 3.85. The van der Waals surface area contributed by atoms with Crippen LogP contribution in [0, 0.1) is 11.8 Å². The molecule has 0 aliphatic carbocycles. The summed E-state index contributed by atoms with van der Waals surface area (Å²) in [6.07, 6.45) is 3.83. The second kappa shape index (κ2) is 14.2. The highest BCUT2D eigenvalue weighted by Crippen LogP contribution is 2.28. The Kier molecular flexibility index (Phi) is 11.4. The number of benzene rings is 1. The van der Waals surface area contributed by atoms with Crippen LogP contribution in [-0.4, -0.2) is 60.1 Å². The molecule has 1 heterocycles. The van der Waals surface area contributed by atoms with Crippen molar-refractivity contribution in [3.8, 4) is 11.5 Å². The molecule has 1 aromatic carbocycles. The number of carbonyl (C=O) groups is 2. The maximum absolute atomic E-state index is 13.4. The van der Waals surface area contributed by atoms with Crippen LogP contribution in [0.15, 0.2) is 33.9 Å². The first-order valence-electron chi connectivity index (χ1n) is 13.1. The minimum absolute atomic E-state index is 0.0154. The first kappa shape index (κ1) is 31.2. The molecule has 0 fully saturated rings. The molecule has 11 heteroatoms. The van der Waals surface area contributed by atoms with E-state index in [1.807, 2.05) is 34.6 Å². The fourth-order valence-corrected chi connectivity index (χ4v) is 3.85. The Balaban J connectivity index is 2.27. The molecule has 0 radical (unpaired) electrons. The average Bonchev–Trinajstić information content (AvgIpc) is 2.87. The molecule has 0 saturated heterocycles. The number of ether oxygens (including phenoxy) is 2. The van der Waals surface area contributed by atoms with E-state index in [0.29, 0.717) is 18.1 Å². The van der Waals surface area contributed by atoms with Crippen LogP contribution < -0.4 is 31.4 Å². The van der Waals surface area contributed by atoms with E-state index in [2.05, 4.69) is 4.98 Å². The summed E-state index contributed by atoms with van der Waals surface area (Å²) >= 11 is 0. The van der Waals surface area contributed by atoms with Crippen LogP contribution in [0.3, 0.4) is 0 Å². The van der Waals surface area contributed by atoms with E-state index < -0.39 is 23.1 Å². The molecule has 2 aromatic rings. The zero-order valence-corrected chi connectivity index (χ0v) is 23.9. The van der Waals surface area contributed by atoms with Crippen molar-refractivity contribution >= 4 is 29.4 Å². The van der Waals surface area contributed by atoms with Crippen molar-refractivity contribution in [2.24, 2.45) is 11.8 Å². The first-order valence-corrected chi connectivity index (χ1v) is 13.1. The van der Waals surface area contributed by atoms with E-state index in [1.54, 1.807) is 31.4 Å². The Morgan fingerprint density at radius 2 is 1.82 bits per heavy atom. The number of H-pyrrole nitrogens is 1. The van der Waals surface area contributed by atoms with Gasteiger partial charge >= 0.3 is 5.69 Å². The smallest absolute Gasteiger partial charge is 0.330 e. The van der Waals surface area contributed by atoms with Crippen LogP contribution in [0.2, 0.25) is 0 Å². The summed E-state index contributed by atoms with van der Waals surface area (Å²) in [6.45, 7) is 10.3. The van der Waals surface area contributed by atoms with E-state index >= 15 is 0 Å². The summed E-state index contributed by atoms with van der Waals surface area (Å²) in [6, 6.07) is 5.33. The normalized spacial score (nSPS) is 11.3. The molecule has 0 unspecified atom stereocenters. The summed E-state index contributed by atoms with van der Waals surface area (Å²) in [5.41, 5.74) is 5.49. The molecule has 0 spiro atoms. The van der Waals surface area contributed by atoms with Gasteiger partial charge in [-0.05, 0) is 42.0 Å². The molecule has 0 atom stereocenters. The molecular formula is C28H41N5O6. The number of aromatic nitrogens is 2. The zero-order valence-electron chi connectivity index (χ0n) is 23.9. The van der Waals surface area contributed by atoms with E-state index in [0.717, 1.165) is 12.0 Å². The van der Waals surface area contributed by atoms with Crippen molar-refractivity contribution in [1.82, 2.24) is 14.5 Å². The summed E-state index contributed by atoms with van der Waals surface area (Å²) in [5.74, 6) is 0.230. The molecule has 1 aromatic heterocycles. The topological polar surface area (TPSA) is 140 Å². The lowest BCUT2D eigenvalue weighted by atomic mass is 10.1. The maximum Gasteiger partial charge on any atom is 0.330 e. The summed E-state index contributed by atoms with van der Waals surface area (Å²) < 4.78 is 12.3. The number of hydrogen-bond donors (Lipinski definition) is 2. The van der Waals surface area contributed by atoms with Gasteiger partial charge in [-0.15, -0.1) is 0 Å². The second-order valence-corrected chi connectivity index (χ2v) is 10.2. The third-order valence-electron chi connectivity index (χ3n) is 5.70. The SMILES string of the molecule is CCCOc1ccc(C=CC(=O)N(C)CC(=O)N(CC(C)C)c2c(N)n(CC(C)C)c(=O)[nH]c2=O)cc1OC. The Labute approximate surface area is 229 Å². The van der Waals surface area contributed by atoms with Gasteiger partial charge in [-0.2, -0.15) is 0 Å². The van der Waals surface area contributed by atoms with Gasteiger partial charge in [-0.25, -0.2) is 4.79 Å². The van der Waals surface area contributed by atoms with Gasteiger partial charge in [0, 0.05) is 26.2 Å². The Bertz CT molecular complexity index is 1290. The van der Waals surface area contributed by atoms with Gasteiger partial charge in [0.05, 0.1) is 13.7 Å². The zero-order chi connectivity index (χ0) is 29.3. The number of hydrogen-bond acceptors (Lipinski definition) is 7. The van der Waals surface area contributed by atoms with E-state index in [9.17, 15) is 19.2 Å². The van der Waals surface area contributed by atoms with Gasteiger partial charge in [0.25, 0.3) is 5.56 Å². The predicted octanol–water partition coefficient (Wildman–Crippen LogP) is 2.73. The molecule has 39 heavy (non-hydrogen) atoms. The highest BCUT2D eigenvalue weighted by molar-refractivity contribution is 6.00. The van der Waals surface area contributed by atoms with Crippen molar-refractivity contribution < 1.29 is 19.1 Å². The van der Waals surface area contributed by atoms with Gasteiger partial charge in [0.15, 0.2) is 17.2 Å². The van der Waals surface area contributed by atoms with E-state index in [-0.39, 0.29) is 43.0 Å². The van der Waals surface area contributed by atoms with Crippen molar-refractivity contribution in [2.75, 3.05) is 44.5 Å². The highest BCUT2D eigenvalue weighted by atomic mass is 16.5. The molecule has 2 amide bonds. The molecule has 11 nitrogen and oxygen atoms in total.